The average molecular weight is 464 g/mol. The van der Waals surface area contributed by atoms with E-state index in [1.165, 1.54) is 11.3 Å². The summed E-state index contributed by atoms with van der Waals surface area (Å²) in [4.78, 5) is 13.2. The number of rotatable bonds is 6. The normalized spacial score (nSPS) is 15.3. The van der Waals surface area contributed by atoms with E-state index < -0.39 is 29.5 Å². The van der Waals surface area contributed by atoms with E-state index in [0.717, 1.165) is 10.3 Å². The quantitative estimate of drug-likeness (QED) is 0.460. The lowest BCUT2D eigenvalue weighted by atomic mass is 10.2. The fourth-order valence-corrected chi connectivity index (χ4v) is 7.03. The molecule has 0 aliphatic heterocycles. The minimum absolute atomic E-state index is 0.0880. The summed E-state index contributed by atoms with van der Waals surface area (Å²) in [6.07, 6.45) is 2.62. The molecule has 162 valence electrons. The summed E-state index contributed by atoms with van der Waals surface area (Å²) in [5, 5.41) is -0.968. The second-order valence-corrected chi connectivity index (χ2v) is 17.4. The van der Waals surface area contributed by atoms with Gasteiger partial charge in [0.05, 0.1) is 15.5 Å². The molecule has 0 aliphatic rings. The van der Waals surface area contributed by atoms with Crippen LogP contribution in [0.3, 0.4) is 0 Å². The van der Waals surface area contributed by atoms with Crippen molar-refractivity contribution in [2.75, 3.05) is 0 Å². The Kier molecular flexibility index (Phi) is 6.21. The topological polar surface area (TPSA) is 82.0 Å². The third-order valence-electron chi connectivity index (χ3n) is 5.72. The van der Waals surface area contributed by atoms with Gasteiger partial charge in [-0.2, -0.15) is 0 Å². The van der Waals surface area contributed by atoms with Crippen LogP contribution in [-0.4, -0.2) is 36.9 Å². The van der Waals surface area contributed by atoms with Crippen LogP contribution < -0.4 is 0 Å². The van der Waals surface area contributed by atoms with Crippen molar-refractivity contribution >= 4 is 39.7 Å². The first-order valence-electron chi connectivity index (χ1n) is 9.89. The summed E-state index contributed by atoms with van der Waals surface area (Å²) >= 11 is 1.19. The maximum atomic E-state index is 13.5. The van der Waals surface area contributed by atoms with Crippen molar-refractivity contribution in [3.8, 4) is 0 Å². The van der Waals surface area contributed by atoms with Crippen LogP contribution in [0.5, 0.6) is 0 Å². The first kappa shape index (κ1) is 23.0. The molecule has 30 heavy (non-hydrogen) atoms. The van der Waals surface area contributed by atoms with Crippen molar-refractivity contribution in [1.29, 1.82) is 0 Å². The predicted octanol–water partition coefficient (Wildman–Crippen LogP) is 5.32. The summed E-state index contributed by atoms with van der Waals surface area (Å²) in [5.41, 5.74) is 1.59. The molecule has 2 unspecified atom stereocenters. The monoisotopic (exact) mass is 463 g/mol. The third-order valence-corrected chi connectivity index (χ3v) is 13.8. The molecule has 2 heterocycles. The SMILES string of the molecule is Cc1cnc(C(O[Si](C)(C)C(C)(C)C)C(C)S(=O)(=O)c2nc3ccccc3s2)nc1. The second kappa shape index (κ2) is 8.10. The van der Waals surface area contributed by atoms with E-state index in [2.05, 4.69) is 48.8 Å². The van der Waals surface area contributed by atoms with Crippen molar-refractivity contribution in [3.63, 3.8) is 0 Å². The van der Waals surface area contributed by atoms with E-state index in [-0.39, 0.29) is 9.38 Å². The number of fused-ring (bicyclic) bond motifs is 1. The van der Waals surface area contributed by atoms with Gasteiger partial charge in [0.25, 0.3) is 0 Å². The van der Waals surface area contributed by atoms with E-state index in [1.807, 2.05) is 31.2 Å². The Hall–Kier alpha value is -1.68. The summed E-state index contributed by atoms with van der Waals surface area (Å²) in [6.45, 7) is 14.1. The molecule has 0 saturated heterocycles. The number of hydrogen-bond acceptors (Lipinski definition) is 7. The molecule has 3 rings (SSSR count). The molecule has 1 aromatic carbocycles. The molecule has 9 heteroatoms. The zero-order chi connectivity index (χ0) is 22.3. The van der Waals surface area contributed by atoms with E-state index in [4.69, 9.17) is 4.43 Å². The average Bonchev–Trinajstić information content (AvgIpc) is 3.10. The zero-order valence-corrected chi connectivity index (χ0v) is 21.1. The van der Waals surface area contributed by atoms with Gasteiger partial charge in [0.2, 0.25) is 14.2 Å². The van der Waals surface area contributed by atoms with Gasteiger partial charge in [-0.05, 0) is 49.7 Å². The van der Waals surface area contributed by atoms with Crippen LogP contribution in [0.4, 0.5) is 0 Å². The minimum Gasteiger partial charge on any atom is -0.405 e. The number of nitrogens with zero attached hydrogens (tertiary/aromatic N) is 3. The Labute approximate surface area is 183 Å². The maximum absolute atomic E-state index is 13.5. The van der Waals surface area contributed by atoms with Crippen molar-refractivity contribution in [3.05, 3.63) is 48.0 Å². The van der Waals surface area contributed by atoms with Crippen LogP contribution in [0.25, 0.3) is 10.2 Å². The zero-order valence-electron chi connectivity index (χ0n) is 18.5. The number of sulfone groups is 1. The van der Waals surface area contributed by atoms with Gasteiger partial charge in [0.1, 0.15) is 6.10 Å². The van der Waals surface area contributed by atoms with Gasteiger partial charge in [-0.3, -0.25) is 0 Å². The molecule has 0 fully saturated rings. The number of para-hydroxylation sites is 1. The predicted molar refractivity (Wildman–Crippen MR) is 124 cm³/mol. The standard InChI is InChI=1S/C21H29N3O3S2Si/c1-14-12-22-19(23-13-14)18(27-30(6,7)21(3,4)5)15(2)29(25,26)20-24-16-10-8-9-11-17(16)28-20/h8-13,15,18H,1-7H3. The van der Waals surface area contributed by atoms with Crippen molar-refractivity contribution in [1.82, 2.24) is 15.0 Å². The minimum atomic E-state index is -3.75. The molecular weight excluding hydrogens is 434 g/mol. The van der Waals surface area contributed by atoms with Crippen LogP contribution >= 0.6 is 11.3 Å². The third kappa shape index (κ3) is 4.49. The lowest BCUT2D eigenvalue weighted by molar-refractivity contribution is 0.172. The van der Waals surface area contributed by atoms with Gasteiger partial charge in [-0.15, -0.1) is 11.3 Å². The molecule has 6 nitrogen and oxygen atoms in total. The van der Waals surface area contributed by atoms with Gasteiger partial charge in [-0.25, -0.2) is 23.4 Å². The summed E-state index contributed by atoms with van der Waals surface area (Å²) in [5.74, 6) is 0.391. The molecule has 0 aliphatic carbocycles. The highest BCUT2D eigenvalue weighted by Crippen LogP contribution is 2.42. The molecule has 0 radical (unpaired) electrons. The van der Waals surface area contributed by atoms with Gasteiger partial charge in [-0.1, -0.05) is 32.9 Å². The number of aromatic nitrogens is 3. The fraction of sp³-hybridized carbons (Fsp3) is 0.476. The van der Waals surface area contributed by atoms with Gasteiger partial charge < -0.3 is 4.43 Å². The highest BCUT2D eigenvalue weighted by molar-refractivity contribution is 7.94. The van der Waals surface area contributed by atoms with Crippen molar-refractivity contribution in [2.45, 2.75) is 68.4 Å². The molecule has 0 spiro atoms. The Morgan fingerprint density at radius 3 is 2.27 bits per heavy atom. The lowest BCUT2D eigenvalue weighted by Gasteiger charge is -2.40. The van der Waals surface area contributed by atoms with Crippen molar-refractivity contribution in [2.24, 2.45) is 0 Å². The molecular formula is C21H29N3O3S2Si. The number of benzene rings is 1. The first-order chi connectivity index (χ1) is 13.8. The molecule has 3 aromatic rings. The molecule has 0 bridgehead atoms. The Morgan fingerprint density at radius 1 is 1.10 bits per heavy atom. The van der Waals surface area contributed by atoms with Gasteiger partial charge >= 0.3 is 0 Å². The van der Waals surface area contributed by atoms with Crippen LogP contribution in [-0.2, 0) is 14.3 Å². The molecule has 0 amide bonds. The highest BCUT2D eigenvalue weighted by Gasteiger charge is 2.44. The summed E-state index contributed by atoms with van der Waals surface area (Å²) in [7, 11) is -6.05. The van der Waals surface area contributed by atoms with E-state index in [0.29, 0.717) is 11.3 Å². The van der Waals surface area contributed by atoms with E-state index >= 15 is 0 Å². The molecule has 0 saturated carbocycles. The fourth-order valence-electron chi connectivity index (χ4n) is 2.70. The number of hydrogen-bond donors (Lipinski definition) is 0. The van der Waals surface area contributed by atoms with Crippen LogP contribution in [0.1, 0.15) is 45.2 Å². The smallest absolute Gasteiger partial charge is 0.210 e. The lowest BCUT2D eigenvalue weighted by Crippen LogP contribution is -2.45. The molecule has 0 N–H and O–H groups in total. The Bertz CT molecular complexity index is 1100. The van der Waals surface area contributed by atoms with E-state index in [9.17, 15) is 8.42 Å². The second-order valence-electron chi connectivity index (χ2n) is 9.12. The van der Waals surface area contributed by atoms with Gasteiger partial charge in [0, 0.05) is 12.4 Å². The summed E-state index contributed by atoms with van der Waals surface area (Å²) in [6, 6.07) is 7.43. The molecule has 2 aromatic heterocycles. The highest BCUT2D eigenvalue weighted by atomic mass is 32.2. The molecule has 2 atom stereocenters. The van der Waals surface area contributed by atoms with Crippen LogP contribution in [0.2, 0.25) is 18.1 Å². The Balaban J connectivity index is 2.06. The number of thiazole rings is 1. The van der Waals surface area contributed by atoms with Crippen LogP contribution in [0, 0.1) is 6.92 Å². The summed E-state index contributed by atoms with van der Waals surface area (Å²) < 4.78 is 34.6. The number of aryl methyl sites for hydroxylation is 1. The van der Waals surface area contributed by atoms with Crippen molar-refractivity contribution < 1.29 is 12.8 Å². The maximum Gasteiger partial charge on any atom is 0.210 e. The largest absolute Gasteiger partial charge is 0.405 e. The Morgan fingerprint density at radius 2 is 1.70 bits per heavy atom. The van der Waals surface area contributed by atoms with Gasteiger partial charge in [0.15, 0.2) is 14.1 Å². The first-order valence-corrected chi connectivity index (χ1v) is 15.2. The van der Waals surface area contributed by atoms with E-state index in [1.54, 1.807) is 19.3 Å². The van der Waals surface area contributed by atoms with Crippen LogP contribution in [0.15, 0.2) is 41.0 Å².